The fraction of sp³-hybridized carbons (Fsp3) is 0.500. The zero-order valence-corrected chi connectivity index (χ0v) is 14.0. The Kier molecular flexibility index (Phi) is 4.77. The van der Waals surface area contributed by atoms with Gasteiger partial charge in [-0.25, -0.2) is 14.6 Å². The summed E-state index contributed by atoms with van der Waals surface area (Å²) in [4.78, 5) is 21.4. The van der Waals surface area contributed by atoms with E-state index in [-0.39, 0.29) is 5.69 Å². The summed E-state index contributed by atoms with van der Waals surface area (Å²) >= 11 is 0. The number of anilines is 2. The van der Waals surface area contributed by atoms with Gasteiger partial charge in [0.15, 0.2) is 0 Å². The summed E-state index contributed by atoms with van der Waals surface area (Å²) in [6.07, 6.45) is 0. The third-order valence-electron chi connectivity index (χ3n) is 3.31. The van der Waals surface area contributed by atoms with Crippen molar-refractivity contribution >= 4 is 17.5 Å². The van der Waals surface area contributed by atoms with Crippen LogP contribution in [0, 0.1) is 24.0 Å². The van der Waals surface area contributed by atoms with Gasteiger partial charge in [0.2, 0.25) is 11.8 Å². The first-order valence-electron chi connectivity index (χ1n) is 7.31. The highest BCUT2D eigenvalue weighted by Gasteiger charge is 2.24. The predicted octanol–water partition coefficient (Wildman–Crippen LogP) is 1.90. The number of nitrogens with one attached hydrogen (secondary N) is 1. The van der Waals surface area contributed by atoms with Crippen LogP contribution in [0.5, 0.6) is 0 Å². The molecule has 0 saturated heterocycles. The molecule has 0 spiro atoms. The molecule has 0 aliphatic heterocycles. The van der Waals surface area contributed by atoms with Gasteiger partial charge in [-0.15, -0.1) is 0 Å². The van der Waals surface area contributed by atoms with Crippen LogP contribution in [0.4, 0.5) is 17.5 Å². The quantitative estimate of drug-likeness (QED) is 0.640. The number of nitrogens with zero attached hydrogens (tertiary/aromatic N) is 6. The Balaban J connectivity index is 2.29. The van der Waals surface area contributed by atoms with E-state index in [1.807, 2.05) is 38.9 Å². The van der Waals surface area contributed by atoms with Gasteiger partial charge in [-0.1, -0.05) is 0 Å². The van der Waals surface area contributed by atoms with Gasteiger partial charge >= 0.3 is 5.69 Å². The second kappa shape index (κ2) is 6.59. The van der Waals surface area contributed by atoms with Crippen molar-refractivity contribution in [3.63, 3.8) is 0 Å². The van der Waals surface area contributed by atoms with Crippen molar-refractivity contribution in [1.29, 1.82) is 0 Å². The maximum atomic E-state index is 11.3. The number of rotatable bonds is 6. The van der Waals surface area contributed by atoms with Crippen LogP contribution in [0.2, 0.25) is 0 Å². The molecule has 2 aromatic rings. The maximum absolute atomic E-state index is 11.3. The van der Waals surface area contributed by atoms with Gasteiger partial charge < -0.3 is 10.2 Å². The Hall–Kier alpha value is -2.71. The molecular formula is C14H21N7O2. The molecule has 0 unspecified atom stereocenters. The Morgan fingerprint density at radius 1 is 1.35 bits per heavy atom. The van der Waals surface area contributed by atoms with Crippen LogP contribution in [-0.4, -0.2) is 38.8 Å². The molecule has 0 bridgehead atoms. The molecular weight excluding hydrogens is 298 g/mol. The average molecular weight is 319 g/mol. The molecule has 0 aliphatic carbocycles. The van der Waals surface area contributed by atoms with Crippen LogP contribution in [0.1, 0.15) is 24.0 Å². The number of hydrogen-bond acceptors (Lipinski definition) is 7. The van der Waals surface area contributed by atoms with Crippen LogP contribution >= 0.6 is 0 Å². The van der Waals surface area contributed by atoms with E-state index in [0.717, 1.165) is 11.4 Å². The minimum absolute atomic E-state index is 0.00506. The van der Waals surface area contributed by atoms with Gasteiger partial charge in [-0.2, -0.15) is 5.10 Å². The topological polar surface area (TPSA) is 102 Å². The number of aryl methyl sites for hydroxylation is 3. The van der Waals surface area contributed by atoms with Gasteiger partial charge in [-0.3, -0.25) is 10.1 Å². The SMILES string of the molecule is CCn1nc(C)c([N+](=O)[O-])c1NCc1cc(C)nc(N(C)C)n1. The number of hydrogen-bond donors (Lipinski definition) is 1. The molecule has 9 nitrogen and oxygen atoms in total. The van der Waals surface area contributed by atoms with Crippen LogP contribution in [-0.2, 0) is 13.1 Å². The Morgan fingerprint density at radius 3 is 2.61 bits per heavy atom. The van der Waals surface area contributed by atoms with Gasteiger partial charge in [0.25, 0.3) is 0 Å². The zero-order valence-electron chi connectivity index (χ0n) is 14.0. The molecule has 0 atom stereocenters. The average Bonchev–Trinajstić information content (AvgIpc) is 2.80. The lowest BCUT2D eigenvalue weighted by atomic mass is 10.3. The molecule has 0 amide bonds. The van der Waals surface area contributed by atoms with Crippen molar-refractivity contribution in [2.45, 2.75) is 33.9 Å². The summed E-state index contributed by atoms with van der Waals surface area (Å²) in [7, 11) is 3.73. The van der Waals surface area contributed by atoms with E-state index in [2.05, 4.69) is 20.4 Å². The first-order valence-corrected chi connectivity index (χ1v) is 7.31. The molecule has 2 aromatic heterocycles. The molecule has 0 fully saturated rings. The van der Waals surface area contributed by atoms with E-state index >= 15 is 0 Å². The smallest absolute Gasteiger partial charge is 0.333 e. The fourth-order valence-corrected chi connectivity index (χ4v) is 2.28. The summed E-state index contributed by atoms with van der Waals surface area (Å²) in [6.45, 7) is 6.31. The molecule has 2 rings (SSSR count). The standard InChI is InChI=1S/C14H21N7O2/c1-6-20-13(12(21(22)23)10(3)18-20)15-8-11-7-9(2)16-14(17-11)19(4)5/h7,15H,6,8H2,1-5H3. The summed E-state index contributed by atoms with van der Waals surface area (Å²) in [5.41, 5.74) is 2.00. The lowest BCUT2D eigenvalue weighted by molar-refractivity contribution is -0.384. The first-order chi connectivity index (χ1) is 10.8. The largest absolute Gasteiger partial charge is 0.359 e. The number of aromatic nitrogens is 4. The van der Waals surface area contributed by atoms with Crippen molar-refractivity contribution in [1.82, 2.24) is 19.7 Å². The van der Waals surface area contributed by atoms with Gasteiger partial charge in [0.05, 0.1) is 17.2 Å². The highest BCUT2D eigenvalue weighted by Crippen LogP contribution is 2.28. The maximum Gasteiger partial charge on any atom is 0.333 e. The minimum atomic E-state index is -0.409. The fourth-order valence-electron chi connectivity index (χ4n) is 2.28. The second-order valence-electron chi connectivity index (χ2n) is 5.40. The van der Waals surface area contributed by atoms with Gasteiger partial charge in [0, 0.05) is 26.3 Å². The van der Waals surface area contributed by atoms with E-state index in [1.165, 1.54) is 0 Å². The molecule has 124 valence electrons. The van der Waals surface area contributed by atoms with Crippen LogP contribution < -0.4 is 10.2 Å². The molecule has 0 radical (unpaired) electrons. The van der Waals surface area contributed by atoms with Crippen molar-refractivity contribution in [2.75, 3.05) is 24.3 Å². The first kappa shape index (κ1) is 16.7. The highest BCUT2D eigenvalue weighted by atomic mass is 16.6. The van der Waals surface area contributed by atoms with Crippen LogP contribution in [0.15, 0.2) is 6.07 Å². The molecule has 2 heterocycles. The van der Waals surface area contributed by atoms with Crippen molar-refractivity contribution in [2.24, 2.45) is 0 Å². The van der Waals surface area contributed by atoms with E-state index < -0.39 is 4.92 Å². The third kappa shape index (κ3) is 3.55. The molecule has 23 heavy (non-hydrogen) atoms. The Morgan fingerprint density at radius 2 is 2.04 bits per heavy atom. The predicted molar refractivity (Wildman–Crippen MR) is 87.7 cm³/mol. The van der Waals surface area contributed by atoms with Crippen molar-refractivity contribution < 1.29 is 4.92 Å². The van der Waals surface area contributed by atoms with Gasteiger partial charge in [0.1, 0.15) is 5.69 Å². The van der Waals surface area contributed by atoms with Crippen LogP contribution in [0.3, 0.4) is 0 Å². The molecule has 1 N–H and O–H groups in total. The van der Waals surface area contributed by atoms with E-state index in [0.29, 0.717) is 30.5 Å². The Bertz CT molecular complexity index is 724. The normalized spacial score (nSPS) is 10.7. The van der Waals surface area contributed by atoms with Gasteiger partial charge in [-0.05, 0) is 26.8 Å². The van der Waals surface area contributed by atoms with Crippen LogP contribution in [0.25, 0.3) is 0 Å². The molecule has 0 aromatic carbocycles. The summed E-state index contributed by atoms with van der Waals surface area (Å²) < 4.78 is 1.59. The molecule has 0 aliphatic rings. The lowest BCUT2D eigenvalue weighted by Crippen LogP contribution is -2.16. The monoisotopic (exact) mass is 319 g/mol. The summed E-state index contributed by atoms with van der Waals surface area (Å²) in [5, 5.41) is 18.6. The number of nitro groups is 1. The third-order valence-corrected chi connectivity index (χ3v) is 3.31. The van der Waals surface area contributed by atoms with Crippen molar-refractivity contribution in [3.8, 4) is 0 Å². The summed E-state index contributed by atoms with van der Waals surface area (Å²) in [5.74, 6) is 1.01. The molecule has 9 heteroatoms. The van der Waals surface area contributed by atoms with E-state index in [4.69, 9.17) is 0 Å². The van der Waals surface area contributed by atoms with E-state index in [1.54, 1.807) is 11.6 Å². The Labute approximate surface area is 134 Å². The second-order valence-corrected chi connectivity index (χ2v) is 5.40. The summed E-state index contributed by atoms with van der Waals surface area (Å²) in [6, 6.07) is 1.85. The zero-order chi connectivity index (χ0) is 17.1. The van der Waals surface area contributed by atoms with E-state index in [9.17, 15) is 10.1 Å². The molecule has 0 saturated carbocycles. The van der Waals surface area contributed by atoms with Crippen molar-refractivity contribution in [3.05, 3.63) is 33.3 Å². The lowest BCUT2D eigenvalue weighted by Gasteiger charge is -2.13. The highest BCUT2D eigenvalue weighted by molar-refractivity contribution is 5.59. The minimum Gasteiger partial charge on any atom is -0.359 e.